The third-order valence-electron chi connectivity index (χ3n) is 5.32. The Morgan fingerprint density at radius 3 is 2.38 bits per heavy atom. The van der Waals surface area contributed by atoms with Gasteiger partial charge in [-0.1, -0.05) is 73.9 Å². The Hall–Kier alpha value is -4.42. The van der Waals surface area contributed by atoms with Crippen LogP contribution < -0.4 is 0 Å². The molecular formula is C29H22N2O. The molecule has 0 saturated carbocycles. The molecule has 32 heavy (non-hydrogen) atoms. The molecule has 3 aromatic carbocycles. The Bertz CT molecular complexity index is 1440. The normalized spacial score (nSPS) is 11.7. The molecule has 0 aliphatic carbocycles. The van der Waals surface area contributed by atoms with E-state index in [9.17, 15) is 0 Å². The van der Waals surface area contributed by atoms with E-state index in [1.54, 1.807) is 12.2 Å². The van der Waals surface area contributed by atoms with Crippen molar-refractivity contribution in [3.63, 3.8) is 0 Å². The SMILES string of the molecule is C=C/C(C#N)=C\CC(=N)/C=C\C(=C)c1ccc2oc3ccc(-c4ccccc4)cc3c2c1. The molecule has 1 heterocycles. The van der Waals surface area contributed by atoms with Crippen molar-refractivity contribution < 1.29 is 4.42 Å². The van der Waals surface area contributed by atoms with Crippen LogP contribution in [0.2, 0.25) is 0 Å². The van der Waals surface area contributed by atoms with Crippen LogP contribution in [0.25, 0.3) is 38.6 Å². The molecule has 3 nitrogen and oxygen atoms in total. The lowest BCUT2D eigenvalue weighted by atomic mass is 10.0. The Morgan fingerprint density at radius 2 is 1.66 bits per heavy atom. The molecule has 0 aliphatic heterocycles. The number of nitriles is 1. The first kappa shape index (κ1) is 20.8. The fourth-order valence-electron chi connectivity index (χ4n) is 3.55. The zero-order chi connectivity index (χ0) is 22.5. The molecule has 0 aliphatic rings. The number of nitrogens with zero attached hydrogens (tertiary/aromatic N) is 1. The second kappa shape index (κ2) is 9.16. The summed E-state index contributed by atoms with van der Waals surface area (Å²) in [4.78, 5) is 0. The van der Waals surface area contributed by atoms with Crippen molar-refractivity contribution in [3.8, 4) is 17.2 Å². The van der Waals surface area contributed by atoms with Crippen molar-refractivity contribution in [2.75, 3.05) is 0 Å². The van der Waals surface area contributed by atoms with Crippen LogP contribution >= 0.6 is 0 Å². The van der Waals surface area contributed by atoms with Gasteiger partial charge in [0.2, 0.25) is 0 Å². The van der Waals surface area contributed by atoms with Gasteiger partial charge in [-0.3, -0.25) is 0 Å². The largest absolute Gasteiger partial charge is 0.456 e. The van der Waals surface area contributed by atoms with Crippen LogP contribution in [0.3, 0.4) is 0 Å². The molecule has 0 amide bonds. The summed E-state index contributed by atoms with van der Waals surface area (Å²) in [5.74, 6) is 0. The van der Waals surface area contributed by atoms with E-state index in [1.807, 2.05) is 48.5 Å². The van der Waals surface area contributed by atoms with Crippen molar-refractivity contribution in [3.05, 3.63) is 115 Å². The van der Waals surface area contributed by atoms with Gasteiger partial charge in [-0.25, -0.2) is 0 Å². The Balaban J connectivity index is 1.62. The van der Waals surface area contributed by atoms with E-state index in [2.05, 4.69) is 43.5 Å². The van der Waals surface area contributed by atoms with Crippen LogP contribution in [-0.2, 0) is 0 Å². The summed E-state index contributed by atoms with van der Waals surface area (Å²) in [6.45, 7) is 7.75. The number of allylic oxidation sites excluding steroid dienone is 6. The molecule has 4 rings (SSSR count). The van der Waals surface area contributed by atoms with Crippen LogP contribution in [-0.4, -0.2) is 5.71 Å². The fourth-order valence-corrected chi connectivity index (χ4v) is 3.55. The highest BCUT2D eigenvalue weighted by Crippen LogP contribution is 2.34. The van der Waals surface area contributed by atoms with Crippen LogP contribution in [0.1, 0.15) is 12.0 Å². The van der Waals surface area contributed by atoms with E-state index in [0.717, 1.165) is 44.2 Å². The summed E-state index contributed by atoms with van der Waals surface area (Å²) >= 11 is 0. The minimum Gasteiger partial charge on any atom is -0.456 e. The van der Waals surface area contributed by atoms with Crippen molar-refractivity contribution in [1.82, 2.24) is 0 Å². The second-order valence-electron chi connectivity index (χ2n) is 7.45. The summed E-state index contributed by atoms with van der Waals surface area (Å²) in [7, 11) is 0. The van der Waals surface area contributed by atoms with Crippen molar-refractivity contribution >= 4 is 33.2 Å². The number of nitrogens with one attached hydrogen (secondary N) is 1. The number of fused-ring (bicyclic) bond motifs is 3. The number of hydrogen-bond donors (Lipinski definition) is 1. The smallest absolute Gasteiger partial charge is 0.135 e. The van der Waals surface area contributed by atoms with Crippen LogP contribution in [0, 0.1) is 16.7 Å². The first-order chi connectivity index (χ1) is 15.6. The van der Waals surface area contributed by atoms with Crippen LogP contribution in [0.15, 0.2) is 114 Å². The maximum absolute atomic E-state index is 8.93. The quantitative estimate of drug-likeness (QED) is 0.190. The van der Waals surface area contributed by atoms with Crippen molar-refractivity contribution in [2.24, 2.45) is 0 Å². The maximum atomic E-state index is 8.93. The summed E-state index contributed by atoms with van der Waals surface area (Å²) < 4.78 is 6.03. The number of benzene rings is 3. The van der Waals surface area contributed by atoms with Gasteiger partial charge in [0.25, 0.3) is 0 Å². The molecule has 0 radical (unpaired) electrons. The summed E-state index contributed by atoms with van der Waals surface area (Å²) in [5.41, 5.74) is 6.61. The number of rotatable bonds is 7. The lowest BCUT2D eigenvalue weighted by molar-refractivity contribution is 0.669. The fraction of sp³-hybridized carbons (Fsp3) is 0.0345. The lowest BCUT2D eigenvalue weighted by Gasteiger charge is -2.03. The minimum absolute atomic E-state index is 0.367. The zero-order valence-corrected chi connectivity index (χ0v) is 17.6. The van der Waals surface area contributed by atoms with Gasteiger partial charge in [0.1, 0.15) is 11.2 Å². The van der Waals surface area contributed by atoms with Gasteiger partial charge in [-0.2, -0.15) is 5.26 Å². The minimum atomic E-state index is 0.367. The molecule has 1 aromatic heterocycles. The maximum Gasteiger partial charge on any atom is 0.135 e. The predicted octanol–water partition coefficient (Wildman–Crippen LogP) is 7.87. The van der Waals surface area contributed by atoms with Gasteiger partial charge >= 0.3 is 0 Å². The first-order valence-electron chi connectivity index (χ1n) is 10.3. The molecule has 0 spiro atoms. The van der Waals surface area contributed by atoms with E-state index in [0.29, 0.717) is 17.7 Å². The van der Waals surface area contributed by atoms with Gasteiger partial charge < -0.3 is 9.83 Å². The first-order valence-corrected chi connectivity index (χ1v) is 10.3. The van der Waals surface area contributed by atoms with E-state index in [1.165, 1.54) is 6.08 Å². The third kappa shape index (κ3) is 4.35. The summed E-state index contributed by atoms with van der Waals surface area (Å²) in [6, 6.07) is 24.6. The molecule has 0 atom stereocenters. The van der Waals surface area contributed by atoms with Crippen molar-refractivity contribution in [2.45, 2.75) is 6.42 Å². The molecule has 0 fully saturated rings. The number of hydrogen-bond acceptors (Lipinski definition) is 3. The molecular weight excluding hydrogens is 392 g/mol. The van der Waals surface area contributed by atoms with Gasteiger partial charge in [-0.15, -0.1) is 0 Å². The molecule has 0 saturated heterocycles. The average Bonchev–Trinajstić information content (AvgIpc) is 3.20. The van der Waals surface area contributed by atoms with Crippen LogP contribution in [0.4, 0.5) is 0 Å². The van der Waals surface area contributed by atoms with Gasteiger partial charge in [0.05, 0.1) is 6.07 Å². The van der Waals surface area contributed by atoms with Gasteiger partial charge in [-0.05, 0) is 52.6 Å². The second-order valence-corrected chi connectivity index (χ2v) is 7.45. The highest BCUT2D eigenvalue weighted by atomic mass is 16.3. The Labute approximate surface area is 187 Å². The Kier molecular flexibility index (Phi) is 5.96. The van der Waals surface area contributed by atoms with E-state index < -0.39 is 0 Å². The highest BCUT2D eigenvalue weighted by molar-refractivity contribution is 6.07. The summed E-state index contributed by atoms with van der Waals surface area (Å²) in [5, 5.41) is 19.1. The van der Waals surface area contributed by atoms with Crippen molar-refractivity contribution in [1.29, 1.82) is 10.7 Å². The predicted molar refractivity (Wildman–Crippen MR) is 134 cm³/mol. The molecule has 154 valence electrons. The molecule has 3 heteroatoms. The van der Waals surface area contributed by atoms with E-state index in [-0.39, 0.29) is 0 Å². The van der Waals surface area contributed by atoms with Gasteiger partial charge in [0, 0.05) is 28.5 Å². The average molecular weight is 415 g/mol. The Morgan fingerprint density at radius 1 is 0.938 bits per heavy atom. The van der Waals surface area contributed by atoms with Crippen LogP contribution in [0.5, 0.6) is 0 Å². The standard InChI is InChI=1S/C29H22N2O/c1-3-21(19-30)10-14-25(31)13-9-20(2)23-11-15-28-26(17-23)27-18-24(12-16-29(27)32-28)22-7-5-4-6-8-22/h3-13,15-18,31H,1-2,14H2/b13-9-,21-10+,31-25?. The molecule has 0 unspecified atom stereocenters. The van der Waals surface area contributed by atoms with E-state index in [4.69, 9.17) is 15.1 Å². The number of furan rings is 1. The molecule has 0 bridgehead atoms. The topological polar surface area (TPSA) is 60.8 Å². The zero-order valence-electron chi connectivity index (χ0n) is 17.6. The monoisotopic (exact) mass is 414 g/mol. The molecule has 1 N–H and O–H groups in total. The third-order valence-corrected chi connectivity index (χ3v) is 5.32. The van der Waals surface area contributed by atoms with E-state index >= 15 is 0 Å². The molecule has 4 aromatic rings. The lowest BCUT2D eigenvalue weighted by Crippen LogP contribution is -1.89. The summed E-state index contributed by atoms with van der Waals surface area (Å²) in [6.07, 6.45) is 7.09. The van der Waals surface area contributed by atoms with Gasteiger partial charge in [0.15, 0.2) is 0 Å². The highest BCUT2D eigenvalue weighted by Gasteiger charge is 2.10.